The molecule has 3 heteroatoms. The molecule has 0 amide bonds. The molecule has 2 rings (SSSR count). The van der Waals surface area contributed by atoms with Gasteiger partial charge in [0.2, 0.25) is 0 Å². The van der Waals surface area contributed by atoms with E-state index in [9.17, 15) is 0 Å². The molecular weight excluding hydrogens is 301 g/mol. The second kappa shape index (κ2) is 9.47. The minimum absolute atomic E-state index is 0. The summed E-state index contributed by atoms with van der Waals surface area (Å²) in [6.45, 7) is 3.52. The summed E-state index contributed by atoms with van der Waals surface area (Å²) in [5.74, 6) is 1.98. The average molecular weight is 319 g/mol. The molecular formula is C14H18O2Ru+2. The second-order valence-electron chi connectivity index (χ2n) is 3.79. The molecule has 2 N–H and O–H groups in total. The van der Waals surface area contributed by atoms with E-state index >= 15 is 0 Å². The third kappa shape index (κ3) is 6.89. The fourth-order valence-corrected chi connectivity index (χ4v) is 1.33. The van der Waals surface area contributed by atoms with E-state index in [4.69, 9.17) is 10.2 Å². The minimum Gasteiger partial charge on any atom is -0.393 e. The van der Waals surface area contributed by atoms with Gasteiger partial charge in [-0.1, -0.05) is 0 Å². The van der Waals surface area contributed by atoms with Crippen molar-refractivity contribution in [2.45, 2.75) is 26.1 Å². The van der Waals surface area contributed by atoms with Crippen LogP contribution >= 0.6 is 0 Å². The Morgan fingerprint density at radius 2 is 0.941 bits per heavy atom. The number of hydrogen-bond donors (Lipinski definition) is 2. The van der Waals surface area contributed by atoms with Gasteiger partial charge in [-0.15, -0.1) is 0 Å². The molecule has 0 spiro atoms. The summed E-state index contributed by atoms with van der Waals surface area (Å²) in [6.07, 6.45) is 14.7. The molecule has 0 saturated heterocycles. The first-order valence-corrected chi connectivity index (χ1v) is 5.40. The van der Waals surface area contributed by atoms with Crippen molar-refractivity contribution in [1.29, 1.82) is 0 Å². The van der Waals surface area contributed by atoms with Crippen molar-refractivity contribution >= 4 is 0 Å². The van der Waals surface area contributed by atoms with Crippen molar-refractivity contribution in [2.75, 3.05) is 0 Å². The van der Waals surface area contributed by atoms with Crippen molar-refractivity contribution in [3.8, 4) is 0 Å². The molecule has 2 aliphatic rings. The van der Waals surface area contributed by atoms with E-state index < -0.39 is 0 Å². The molecule has 0 aromatic heterocycles. The summed E-state index contributed by atoms with van der Waals surface area (Å²) in [4.78, 5) is 0. The van der Waals surface area contributed by atoms with Crippen LogP contribution in [0.3, 0.4) is 0 Å². The van der Waals surface area contributed by atoms with Crippen LogP contribution < -0.4 is 0 Å². The fourth-order valence-electron chi connectivity index (χ4n) is 1.33. The van der Waals surface area contributed by atoms with Gasteiger partial charge < -0.3 is 10.2 Å². The first-order chi connectivity index (χ1) is 7.61. The Morgan fingerprint density at radius 3 is 1.06 bits per heavy atom. The molecule has 0 unspecified atom stereocenters. The van der Waals surface area contributed by atoms with E-state index in [1.54, 1.807) is 13.8 Å². The van der Waals surface area contributed by atoms with Crippen molar-refractivity contribution in [2.24, 2.45) is 0 Å². The molecule has 2 saturated carbocycles. The number of aliphatic hydroxyl groups excluding tert-OH is 2. The van der Waals surface area contributed by atoms with Crippen LogP contribution in [0.4, 0.5) is 0 Å². The zero-order valence-corrected chi connectivity index (χ0v) is 11.8. The fraction of sp³-hybridized carbons (Fsp3) is 0.286. The van der Waals surface area contributed by atoms with Crippen LogP contribution in [0.15, 0.2) is 0 Å². The van der Waals surface area contributed by atoms with Crippen LogP contribution in [0.2, 0.25) is 0 Å². The summed E-state index contributed by atoms with van der Waals surface area (Å²) in [6, 6.07) is 0. The smallest absolute Gasteiger partial charge is 0.393 e. The Morgan fingerprint density at radius 1 is 0.706 bits per heavy atom. The number of rotatable bonds is 2. The van der Waals surface area contributed by atoms with Gasteiger partial charge >= 0.3 is 19.5 Å². The van der Waals surface area contributed by atoms with E-state index in [1.165, 1.54) is 0 Å². The van der Waals surface area contributed by atoms with Crippen LogP contribution in [-0.4, -0.2) is 22.4 Å². The van der Waals surface area contributed by atoms with E-state index in [2.05, 4.69) is 0 Å². The van der Waals surface area contributed by atoms with E-state index in [0.717, 1.165) is 11.8 Å². The maximum absolute atomic E-state index is 8.91. The molecule has 0 aromatic carbocycles. The average Bonchev–Trinajstić information content (AvgIpc) is 2.93. The Bertz CT molecular complexity index is 151. The molecule has 2 atom stereocenters. The molecule has 0 heterocycles. The Labute approximate surface area is 119 Å². The molecule has 2 nitrogen and oxygen atoms in total. The van der Waals surface area contributed by atoms with Gasteiger partial charge in [-0.3, -0.25) is 0 Å². The summed E-state index contributed by atoms with van der Waals surface area (Å²) >= 11 is 0. The SMILES string of the molecule is C[C@@H](O)[C]1[CH][CH][CH][CH]1.C[C@H](O)[C]1[CH][CH][CH][CH]1.[Ru+2]. The van der Waals surface area contributed by atoms with Gasteiger partial charge in [-0.05, 0) is 65.2 Å². The summed E-state index contributed by atoms with van der Waals surface area (Å²) in [5, 5.41) is 17.8. The first-order valence-electron chi connectivity index (χ1n) is 5.40. The third-order valence-electron chi connectivity index (χ3n) is 2.34. The molecule has 0 aliphatic heterocycles. The Balaban J connectivity index is 0.000000284. The molecule has 92 valence electrons. The largest absolute Gasteiger partial charge is 2.00 e. The molecule has 0 bridgehead atoms. The minimum atomic E-state index is -0.315. The maximum atomic E-state index is 8.91. The van der Waals surface area contributed by atoms with Crippen molar-refractivity contribution in [1.82, 2.24) is 0 Å². The Kier molecular flexibility index (Phi) is 9.77. The van der Waals surface area contributed by atoms with Crippen molar-refractivity contribution in [3.63, 3.8) is 0 Å². The predicted molar refractivity (Wildman–Crippen MR) is 64.2 cm³/mol. The molecule has 17 heavy (non-hydrogen) atoms. The van der Waals surface area contributed by atoms with Crippen LogP contribution in [0, 0.1) is 63.2 Å². The van der Waals surface area contributed by atoms with E-state index in [-0.39, 0.29) is 31.7 Å². The zero-order valence-electron chi connectivity index (χ0n) is 10.0. The molecule has 2 fully saturated rings. The van der Waals surface area contributed by atoms with Gasteiger partial charge in [0.05, 0.1) is 12.2 Å². The van der Waals surface area contributed by atoms with Crippen molar-refractivity contribution < 1.29 is 29.7 Å². The standard InChI is InChI=1S/2C7H9O.Ru/c2*1-6(8)7-4-2-3-5-7;/h2*2-6,8H,1H3;/q;;+2/t2*6-;/m10./s1. The van der Waals surface area contributed by atoms with Gasteiger partial charge in [0, 0.05) is 11.8 Å². The second-order valence-corrected chi connectivity index (χ2v) is 3.79. The molecule has 0 aromatic rings. The predicted octanol–water partition coefficient (Wildman–Crippen LogP) is 1.54. The molecule has 2 aliphatic carbocycles. The normalized spacial score (nSPS) is 24.7. The van der Waals surface area contributed by atoms with Gasteiger partial charge in [0.1, 0.15) is 0 Å². The van der Waals surface area contributed by atoms with Crippen molar-refractivity contribution in [3.05, 3.63) is 63.2 Å². The number of hydrogen-bond acceptors (Lipinski definition) is 2. The van der Waals surface area contributed by atoms with Gasteiger partial charge in [0.25, 0.3) is 0 Å². The van der Waals surface area contributed by atoms with E-state index in [1.807, 2.05) is 51.4 Å². The topological polar surface area (TPSA) is 40.5 Å². The van der Waals surface area contributed by atoms with Crippen LogP contribution in [0.5, 0.6) is 0 Å². The van der Waals surface area contributed by atoms with Gasteiger partial charge in [-0.2, -0.15) is 0 Å². The molecule has 10 radical (unpaired) electrons. The van der Waals surface area contributed by atoms with Gasteiger partial charge in [0.15, 0.2) is 0 Å². The van der Waals surface area contributed by atoms with Gasteiger partial charge in [-0.25, -0.2) is 0 Å². The summed E-state index contributed by atoms with van der Waals surface area (Å²) < 4.78 is 0. The zero-order chi connectivity index (χ0) is 12.0. The van der Waals surface area contributed by atoms with Crippen LogP contribution in [0.1, 0.15) is 13.8 Å². The van der Waals surface area contributed by atoms with Crippen LogP contribution in [-0.2, 0) is 19.5 Å². The Hall–Kier alpha value is 0.543. The quantitative estimate of drug-likeness (QED) is 0.758. The maximum Gasteiger partial charge on any atom is 2.00 e. The monoisotopic (exact) mass is 320 g/mol. The van der Waals surface area contributed by atoms with E-state index in [0.29, 0.717) is 0 Å². The first kappa shape index (κ1) is 17.5. The van der Waals surface area contributed by atoms with Crippen LogP contribution in [0.25, 0.3) is 0 Å². The summed E-state index contributed by atoms with van der Waals surface area (Å²) in [5.41, 5.74) is 0. The number of aliphatic hydroxyl groups is 2. The third-order valence-corrected chi connectivity index (χ3v) is 2.34. The summed E-state index contributed by atoms with van der Waals surface area (Å²) in [7, 11) is 0.